The molecule has 30 heavy (non-hydrogen) atoms. The maximum absolute atomic E-state index is 13.0. The molecule has 1 aromatic heterocycles. The van der Waals surface area contributed by atoms with E-state index in [-0.39, 0.29) is 17.1 Å². The van der Waals surface area contributed by atoms with Gasteiger partial charge in [0.1, 0.15) is 11.6 Å². The van der Waals surface area contributed by atoms with Crippen molar-refractivity contribution in [2.45, 2.75) is 10.4 Å². The number of carbonyl (C=O) groups is 1. The SMILES string of the molecule is COc1ccc(S(=O)(=O)C(F)(F)F)cc1NC(=O)c1ccn(-c2ccc(F)cc2)n1. The zero-order valence-corrected chi connectivity index (χ0v) is 16.0. The first-order valence-corrected chi connectivity index (χ1v) is 9.63. The maximum Gasteiger partial charge on any atom is 0.501 e. The number of nitrogens with one attached hydrogen (secondary N) is 1. The van der Waals surface area contributed by atoms with Gasteiger partial charge in [0, 0.05) is 6.20 Å². The number of ether oxygens (including phenoxy) is 1. The lowest BCUT2D eigenvalue weighted by Crippen LogP contribution is -2.23. The number of hydrogen-bond acceptors (Lipinski definition) is 5. The largest absolute Gasteiger partial charge is 0.501 e. The molecule has 0 unspecified atom stereocenters. The van der Waals surface area contributed by atoms with Crippen molar-refractivity contribution in [3.05, 3.63) is 66.2 Å². The van der Waals surface area contributed by atoms with Crippen LogP contribution in [0.1, 0.15) is 10.5 Å². The second-order valence-corrected chi connectivity index (χ2v) is 7.83. The van der Waals surface area contributed by atoms with Crippen LogP contribution in [0, 0.1) is 5.82 Å². The average molecular weight is 443 g/mol. The van der Waals surface area contributed by atoms with Gasteiger partial charge >= 0.3 is 5.51 Å². The van der Waals surface area contributed by atoms with E-state index in [1.807, 2.05) is 0 Å². The highest BCUT2D eigenvalue weighted by Crippen LogP contribution is 2.34. The number of anilines is 1. The van der Waals surface area contributed by atoms with Crippen molar-refractivity contribution >= 4 is 21.4 Å². The number of carbonyl (C=O) groups excluding carboxylic acids is 1. The summed E-state index contributed by atoms with van der Waals surface area (Å²) in [5.74, 6) is -1.33. The number of hydrogen-bond donors (Lipinski definition) is 1. The first-order valence-electron chi connectivity index (χ1n) is 8.15. The van der Waals surface area contributed by atoms with Crippen LogP contribution in [0.3, 0.4) is 0 Å². The number of amides is 1. The fourth-order valence-corrected chi connectivity index (χ4v) is 3.24. The van der Waals surface area contributed by atoms with Crippen LogP contribution in [0.25, 0.3) is 5.69 Å². The smallest absolute Gasteiger partial charge is 0.495 e. The standard InChI is InChI=1S/C18H13F4N3O4S/c1-29-16-7-6-13(30(27,28)18(20,21)22)10-15(16)23-17(26)14-8-9-25(24-14)12-4-2-11(19)3-5-12/h2-10H,1H3,(H,23,26). The van der Waals surface area contributed by atoms with Gasteiger partial charge in [-0.05, 0) is 48.5 Å². The van der Waals surface area contributed by atoms with Gasteiger partial charge in [0.2, 0.25) is 0 Å². The van der Waals surface area contributed by atoms with Crippen molar-refractivity contribution in [1.82, 2.24) is 9.78 Å². The molecule has 0 aliphatic heterocycles. The van der Waals surface area contributed by atoms with Crippen LogP contribution in [-0.4, -0.2) is 36.7 Å². The summed E-state index contributed by atoms with van der Waals surface area (Å²) in [6, 6.07) is 8.95. The fraction of sp³-hybridized carbons (Fsp3) is 0.111. The second kappa shape index (κ2) is 7.78. The Labute approximate surface area is 167 Å². The molecule has 0 saturated carbocycles. The van der Waals surface area contributed by atoms with Gasteiger partial charge in [-0.2, -0.15) is 18.3 Å². The van der Waals surface area contributed by atoms with Crippen molar-refractivity contribution < 1.29 is 35.5 Å². The molecular weight excluding hydrogens is 430 g/mol. The first kappa shape index (κ1) is 21.3. The number of nitrogens with zero attached hydrogens (tertiary/aromatic N) is 2. The minimum absolute atomic E-state index is 0.0533. The predicted octanol–water partition coefficient (Wildman–Crippen LogP) is 3.57. The van der Waals surface area contributed by atoms with E-state index < -0.39 is 32.0 Å². The van der Waals surface area contributed by atoms with E-state index in [1.54, 1.807) is 0 Å². The van der Waals surface area contributed by atoms with Crippen LogP contribution >= 0.6 is 0 Å². The minimum Gasteiger partial charge on any atom is -0.495 e. The molecule has 1 N–H and O–H groups in total. The Morgan fingerprint density at radius 3 is 2.37 bits per heavy atom. The second-order valence-electron chi connectivity index (χ2n) is 5.89. The number of benzene rings is 2. The quantitative estimate of drug-likeness (QED) is 0.609. The topological polar surface area (TPSA) is 90.3 Å². The minimum atomic E-state index is -5.62. The number of rotatable bonds is 5. The molecule has 0 radical (unpaired) electrons. The molecular formula is C18H13F4N3O4S. The van der Waals surface area contributed by atoms with Crippen molar-refractivity contribution in [1.29, 1.82) is 0 Å². The van der Waals surface area contributed by atoms with Gasteiger partial charge in [0.15, 0.2) is 5.69 Å². The van der Waals surface area contributed by atoms with Crippen LogP contribution in [0.2, 0.25) is 0 Å². The molecule has 0 atom stereocenters. The molecule has 3 rings (SSSR count). The lowest BCUT2D eigenvalue weighted by Gasteiger charge is -2.13. The molecule has 0 fully saturated rings. The molecule has 0 aliphatic rings. The van der Waals surface area contributed by atoms with Crippen molar-refractivity contribution in [3.8, 4) is 11.4 Å². The van der Waals surface area contributed by atoms with Crippen LogP contribution in [-0.2, 0) is 9.84 Å². The molecule has 3 aromatic rings. The molecule has 7 nitrogen and oxygen atoms in total. The summed E-state index contributed by atoms with van der Waals surface area (Å²) in [7, 11) is -4.42. The lowest BCUT2D eigenvalue weighted by molar-refractivity contribution is -0.0436. The molecule has 158 valence electrons. The summed E-state index contributed by atoms with van der Waals surface area (Å²) in [6.07, 6.45) is 1.42. The van der Waals surface area contributed by atoms with E-state index in [0.717, 1.165) is 12.1 Å². The number of methoxy groups -OCH3 is 1. The summed E-state index contributed by atoms with van der Waals surface area (Å²) in [6.45, 7) is 0. The van der Waals surface area contributed by atoms with Gasteiger partial charge in [-0.1, -0.05) is 0 Å². The third-order valence-electron chi connectivity index (χ3n) is 3.95. The molecule has 2 aromatic carbocycles. The van der Waals surface area contributed by atoms with Gasteiger partial charge in [-0.3, -0.25) is 4.79 Å². The van der Waals surface area contributed by atoms with Gasteiger partial charge in [0.25, 0.3) is 15.7 Å². The summed E-state index contributed by atoms with van der Waals surface area (Å²) in [5, 5.41) is 6.30. The monoisotopic (exact) mass is 443 g/mol. The number of aromatic nitrogens is 2. The first-order chi connectivity index (χ1) is 14.0. The Morgan fingerprint density at radius 1 is 1.10 bits per heavy atom. The average Bonchev–Trinajstić information content (AvgIpc) is 3.18. The van der Waals surface area contributed by atoms with Gasteiger partial charge in [-0.25, -0.2) is 17.5 Å². The van der Waals surface area contributed by atoms with Crippen LogP contribution in [0.15, 0.2) is 59.6 Å². The Balaban J connectivity index is 1.89. The van der Waals surface area contributed by atoms with E-state index in [2.05, 4.69) is 10.4 Å². The molecule has 0 bridgehead atoms. The van der Waals surface area contributed by atoms with E-state index >= 15 is 0 Å². The molecule has 0 aliphatic carbocycles. The van der Waals surface area contributed by atoms with E-state index in [0.29, 0.717) is 11.8 Å². The predicted molar refractivity (Wildman–Crippen MR) is 97.7 cm³/mol. The van der Waals surface area contributed by atoms with E-state index in [4.69, 9.17) is 4.74 Å². The Morgan fingerprint density at radius 2 is 1.77 bits per heavy atom. The molecule has 12 heteroatoms. The van der Waals surface area contributed by atoms with Crippen LogP contribution in [0.4, 0.5) is 23.2 Å². The van der Waals surface area contributed by atoms with Gasteiger partial charge < -0.3 is 10.1 Å². The molecule has 0 spiro atoms. The van der Waals surface area contributed by atoms with Crippen LogP contribution in [0.5, 0.6) is 5.75 Å². The number of halogens is 4. The summed E-state index contributed by atoms with van der Waals surface area (Å²) in [5.41, 5.74) is -5.45. The summed E-state index contributed by atoms with van der Waals surface area (Å²) in [4.78, 5) is 11.4. The molecule has 1 heterocycles. The zero-order chi connectivity index (χ0) is 22.1. The Kier molecular flexibility index (Phi) is 5.53. The summed E-state index contributed by atoms with van der Waals surface area (Å²) >= 11 is 0. The van der Waals surface area contributed by atoms with E-state index in [1.165, 1.54) is 48.3 Å². The zero-order valence-electron chi connectivity index (χ0n) is 15.1. The highest BCUT2D eigenvalue weighted by atomic mass is 32.2. The maximum atomic E-state index is 13.0. The summed E-state index contributed by atoms with van der Waals surface area (Å²) < 4.78 is 80.9. The Hall–Kier alpha value is -3.41. The van der Waals surface area contributed by atoms with Crippen molar-refractivity contribution in [2.24, 2.45) is 0 Å². The fourth-order valence-electron chi connectivity index (χ4n) is 2.45. The third-order valence-corrected chi connectivity index (χ3v) is 5.43. The Bertz CT molecular complexity index is 1190. The highest BCUT2D eigenvalue weighted by molar-refractivity contribution is 7.92. The van der Waals surface area contributed by atoms with Crippen molar-refractivity contribution in [2.75, 3.05) is 12.4 Å². The highest BCUT2D eigenvalue weighted by Gasteiger charge is 2.47. The van der Waals surface area contributed by atoms with Crippen LogP contribution < -0.4 is 10.1 Å². The third kappa shape index (κ3) is 4.13. The van der Waals surface area contributed by atoms with Gasteiger partial charge in [0.05, 0.1) is 23.4 Å². The molecule has 0 saturated heterocycles. The van der Waals surface area contributed by atoms with E-state index in [9.17, 15) is 30.8 Å². The number of alkyl halides is 3. The lowest BCUT2D eigenvalue weighted by atomic mass is 10.2. The normalized spacial score (nSPS) is 11.9. The number of sulfone groups is 1. The molecule has 1 amide bonds. The van der Waals surface area contributed by atoms with Crippen molar-refractivity contribution in [3.63, 3.8) is 0 Å². The van der Waals surface area contributed by atoms with Gasteiger partial charge in [-0.15, -0.1) is 0 Å².